The van der Waals surface area contributed by atoms with E-state index in [9.17, 15) is 9.59 Å². The molecule has 0 unspecified atom stereocenters. The van der Waals surface area contributed by atoms with Gasteiger partial charge in [0.2, 0.25) is 11.8 Å². The molecule has 2 amide bonds. The Hall–Kier alpha value is -2.86. The summed E-state index contributed by atoms with van der Waals surface area (Å²) < 4.78 is 11.7. The molecule has 2 aliphatic rings. The first-order valence-electron chi connectivity index (χ1n) is 10.3. The number of nitrogens with one attached hydrogen (secondary N) is 1. The van der Waals surface area contributed by atoms with Gasteiger partial charge in [-0.1, -0.05) is 6.07 Å². The number of rotatable bonds is 5. The second-order valence-electron chi connectivity index (χ2n) is 7.91. The Bertz CT molecular complexity index is 1080. The van der Waals surface area contributed by atoms with E-state index in [1.807, 2.05) is 30.3 Å². The lowest BCUT2D eigenvalue weighted by molar-refractivity contribution is -0.134. The van der Waals surface area contributed by atoms with Crippen molar-refractivity contribution in [3.05, 3.63) is 42.2 Å². The molecule has 0 spiro atoms. The molecule has 3 aromatic rings. The largest absolute Gasteiger partial charge is 0.492 e. The molecule has 1 atom stereocenters. The highest BCUT2D eigenvalue weighted by Crippen LogP contribution is 2.37. The van der Waals surface area contributed by atoms with E-state index >= 15 is 0 Å². The van der Waals surface area contributed by atoms with Gasteiger partial charge in [0, 0.05) is 23.9 Å². The van der Waals surface area contributed by atoms with Gasteiger partial charge >= 0.3 is 0 Å². The van der Waals surface area contributed by atoms with E-state index in [1.165, 1.54) is 25.9 Å². The number of imide groups is 1. The maximum atomic E-state index is 12.4. The summed E-state index contributed by atoms with van der Waals surface area (Å²) in [6.07, 6.45) is 5.08. The first-order chi connectivity index (χ1) is 14.2. The summed E-state index contributed by atoms with van der Waals surface area (Å²) in [5.41, 5.74) is 1.60. The van der Waals surface area contributed by atoms with Crippen molar-refractivity contribution in [2.45, 2.75) is 31.6 Å². The molecule has 29 heavy (non-hydrogen) atoms. The molecule has 1 N–H and O–H groups in total. The standard InChI is InChI=1S/C23H24N2O4/c26-21-8-6-18(23(27)24-21)19-14-29-20-7-3-15-13-16(4-5-17(15)22(19)20)28-12-11-25-9-1-2-10-25/h3-5,7,13-14,18H,1-2,6,8-12H2,(H,24,26,27)/t18-/m1/s1. The van der Waals surface area contributed by atoms with E-state index in [1.54, 1.807) is 6.26 Å². The van der Waals surface area contributed by atoms with Gasteiger partial charge in [-0.2, -0.15) is 0 Å². The van der Waals surface area contributed by atoms with Gasteiger partial charge in [0.25, 0.3) is 0 Å². The number of nitrogens with zero attached hydrogens (tertiary/aromatic N) is 1. The molecule has 3 heterocycles. The zero-order valence-corrected chi connectivity index (χ0v) is 16.3. The summed E-state index contributed by atoms with van der Waals surface area (Å²) in [6, 6.07) is 10.0. The highest BCUT2D eigenvalue weighted by molar-refractivity contribution is 6.10. The Morgan fingerprint density at radius 3 is 2.83 bits per heavy atom. The fourth-order valence-corrected chi connectivity index (χ4v) is 4.51. The van der Waals surface area contributed by atoms with Crippen LogP contribution in [0.25, 0.3) is 21.7 Å². The number of likely N-dealkylation sites (tertiary alicyclic amines) is 1. The number of amides is 2. The highest BCUT2D eigenvalue weighted by atomic mass is 16.5. The first kappa shape index (κ1) is 18.2. The Morgan fingerprint density at radius 1 is 1.14 bits per heavy atom. The average molecular weight is 392 g/mol. The van der Waals surface area contributed by atoms with E-state index in [2.05, 4.69) is 10.2 Å². The van der Waals surface area contributed by atoms with Gasteiger partial charge in [-0.3, -0.25) is 19.8 Å². The Labute approximate surface area is 168 Å². The van der Waals surface area contributed by atoms with Crippen LogP contribution in [0.1, 0.15) is 37.2 Å². The zero-order valence-electron chi connectivity index (χ0n) is 16.3. The van der Waals surface area contributed by atoms with Crippen molar-refractivity contribution < 1.29 is 18.7 Å². The lowest BCUT2D eigenvalue weighted by Crippen LogP contribution is -2.39. The summed E-state index contributed by atoms with van der Waals surface area (Å²) >= 11 is 0. The number of piperidine rings is 1. The number of hydrogen-bond donors (Lipinski definition) is 1. The molecular formula is C23H24N2O4. The third-order valence-electron chi connectivity index (χ3n) is 6.04. The second-order valence-corrected chi connectivity index (χ2v) is 7.91. The van der Waals surface area contributed by atoms with Crippen molar-refractivity contribution in [1.82, 2.24) is 10.2 Å². The summed E-state index contributed by atoms with van der Waals surface area (Å²) in [7, 11) is 0. The van der Waals surface area contributed by atoms with E-state index in [0.29, 0.717) is 19.4 Å². The predicted molar refractivity (Wildman–Crippen MR) is 110 cm³/mol. The van der Waals surface area contributed by atoms with Crippen LogP contribution in [0.15, 0.2) is 41.0 Å². The topological polar surface area (TPSA) is 71.8 Å². The third-order valence-corrected chi connectivity index (χ3v) is 6.04. The van der Waals surface area contributed by atoms with Gasteiger partial charge in [0.15, 0.2) is 0 Å². The Balaban J connectivity index is 1.42. The average Bonchev–Trinajstić information content (AvgIpc) is 3.38. The number of hydrogen-bond acceptors (Lipinski definition) is 5. The molecule has 2 saturated heterocycles. The highest BCUT2D eigenvalue weighted by Gasteiger charge is 2.31. The maximum absolute atomic E-state index is 12.4. The minimum atomic E-state index is -0.365. The van der Waals surface area contributed by atoms with E-state index in [0.717, 1.165) is 39.6 Å². The van der Waals surface area contributed by atoms with E-state index in [4.69, 9.17) is 9.15 Å². The van der Waals surface area contributed by atoms with Crippen LogP contribution in [-0.2, 0) is 9.59 Å². The summed E-state index contributed by atoms with van der Waals surface area (Å²) in [5.74, 6) is 0.0282. The number of carbonyl (C=O) groups excluding carboxylic acids is 2. The van der Waals surface area contributed by atoms with Gasteiger partial charge < -0.3 is 9.15 Å². The smallest absolute Gasteiger partial charge is 0.234 e. The molecule has 5 rings (SSSR count). The molecule has 6 heteroatoms. The minimum absolute atomic E-state index is 0.209. The van der Waals surface area contributed by atoms with Crippen molar-refractivity contribution in [1.29, 1.82) is 0 Å². The van der Waals surface area contributed by atoms with Crippen molar-refractivity contribution in [2.24, 2.45) is 0 Å². The monoisotopic (exact) mass is 392 g/mol. The third kappa shape index (κ3) is 3.49. The van der Waals surface area contributed by atoms with Crippen LogP contribution in [-0.4, -0.2) is 43.0 Å². The van der Waals surface area contributed by atoms with Gasteiger partial charge in [0.1, 0.15) is 17.9 Å². The van der Waals surface area contributed by atoms with Crippen LogP contribution in [0, 0.1) is 0 Å². The molecular weight excluding hydrogens is 368 g/mol. The second kappa shape index (κ2) is 7.52. The normalized spacial score (nSPS) is 20.5. The Kier molecular flexibility index (Phi) is 4.72. The summed E-state index contributed by atoms with van der Waals surface area (Å²) in [5, 5.41) is 5.46. The van der Waals surface area contributed by atoms with Crippen molar-refractivity contribution >= 4 is 33.6 Å². The van der Waals surface area contributed by atoms with Crippen LogP contribution in [0.5, 0.6) is 5.75 Å². The van der Waals surface area contributed by atoms with Crippen molar-refractivity contribution in [3.8, 4) is 5.75 Å². The lowest BCUT2D eigenvalue weighted by Gasteiger charge is -2.20. The molecule has 0 radical (unpaired) electrons. The number of benzene rings is 2. The molecule has 150 valence electrons. The number of furan rings is 1. The van der Waals surface area contributed by atoms with Gasteiger partial charge in [-0.25, -0.2) is 0 Å². The van der Waals surface area contributed by atoms with Crippen LogP contribution < -0.4 is 10.1 Å². The fraction of sp³-hybridized carbons (Fsp3) is 0.391. The number of ether oxygens (including phenoxy) is 1. The molecule has 2 aromatic carbocycles. The van der Waals surface area contributed by atoms with E-state index < -0.39 is 0 Å². The minimum Gasteiger partial charge on any atom is -0.492 e. The van der Waals surface area contributed by atoms with Crippen molar-refractivity contribution in [3.63, 3.8) is 0 Å². The van der Waals surface area contributed by atoms with Gasteiger partial charge in [-0.15, -0.1) is 0 Å². The summed E-state index contributed by atoms with van der Waals surface area (Å²) in [6.45, 7) is 3.98. The molecule has 0 aliphatic carbocycles. The number of carbonyl (C=O) groups is 2. The predicted octanol–water partition coefficient (Wildman–Crippen LogP) is 3.58. The molecule has 0 saturated carbocycles. The van der Waals surface area contributed by atoms with Crippen molar-refractivity contribution in [2.75, 3.05) is 26.2 Å². The van der Waals surface area contributed by atoms with Crippen LogP contribution in [0.3, 0.4) is 0 Å². The Morgan fingerprint density at radius 2 is 2.00 bits per heavy atom. The first-order valence-corrected chi connectivity index (χ1v) is 10.3. The molecule has 1 aromatic heterocycles. The quantitative estimate of drug-likeness (QED) is 0.672. The zero-order chi connectivity index (χ0) is 19.8. The SMILES string of the molecule is O=C1CC[C@H](c2coc3ccc4cc(OCCN5CCCC5)ccc4c23)C(=O)N1. The van der Waals surface area contributed by atoms with Gasteiger partial charge in [0.05, 0.1) is 12.2 Å². The van der Waals surface area contributed by atoms with Crippen LogP contribution >= 0.6 is 0 Å². The molecule has 2 fully saturated rings. The molecule has 2 aliphatic heterocycles. The summed E-state index contributed by atoms with van der Waals surface area (Å²) in [4.78, 5) is 26.3. The van der Waals surface area contributed by atoms with Crippen LogP contribution in [0.2, 0.25) is 0 Å². The fourth-order valence-electron chi connectivity index (χ4n) is 4.51. The lowest BCUT2D eigenvalue weighted by atomic mass is 9.89. The molecule has 0 bridgehead atoms. The van der Waals surface area contributed by atoms with Crippen LogP contribution in [0.4, 0.5) is 0 Å². The maximum Gasteiger partial charge on any atom is 0.234 e. The van der Waals surface area contributed by atoms with Gasteiger partial charge in [-0.05, 0) is 67.4 Å². The van der Waals surface area contributed by atoms with E-state index in [-0.39, 0.29) is 17.7 Å². The number of fused-ring (bicyclic) bond motifs is 3. The molecule has 6 nitrogen and oxygen atoms in total.